The molecular weight excluding hydrogens is 337 g/mol. The minimum Gasteiger partial charge on any atom is -0.490 e. The normalized spacial score (nSPS) is 10.5. The van der Waals surface area contributed by atoms with Gasteiger partial charge in [-0.2, -0.15) is 0 Å². The molecular formula is C16H17BrFNO2. The molecule has 0 fully saturated rings. The Morgan fingerprint density at radius 3 is 2.62 bits per heavy atom. The third-order valence-corrected chi connectivity index (χ3v) is 3.39. The molecule has 2 N–H and O–H groups in total. The predicted octanol–water partition coefficient (Wildman–Crippen LogP) is 5.06. The molecule has 0 amide bonds. The molecule has 0 unspecified atom stereocenters. The molecule has 0 saturated heterocycles. The second-order valence-corrected chi connectivity index (χ2v) is 5.60. The fourth-order valence-corrected chi connectivity index (χ4v) is 2.10. The van der Waals surface area contributed by atoms with Gasteiger partial charge in [0, 0.05) is 16.6 Å². The Morgan fingerprint density at radius 1 is 1.14 bits per heavy atom. The maximum absolute atomic E-state index is 13.8. The molecule has 5 heteroatoms. The maximum Gasteiger partial charge on any atom is 0.167 e. The third kappa shape index (κ3) is 3.88. The lowest BCUT2D eigenvalue weighted by Gasteiger charge is -2.14. The number of benzene rings is 2. The van der Waals surface area contributed by atoms with Gasteiger partial charge in [0.2, 0.25) is 0 Å². The van der Waals surface area contributed by atoms with Gasteiger partial charge in [-0.25, -0.2) is 4.39 Å². The number of aryl methyl sites for hydroxylation is 1. The number of halogens is 2. The molecule has 0 bridgehead atoms. The summed E-state index contributed by atoms with van der Waals surface area (Å²) in [6.07, 6.45) is 0.796. The van der Waals surface area contributed by atoms with Gasteiger partial charge in [0.15, 0.2) is 17.3 Å². The summed E-state index contributed by atoms with van der Waals surface area (Å²) in [6, 6.07) is 8.39. The van der Waals surface area contributed by atoms with Crippen LogP contribution in [0.1, 0.15) is 18.9 Å². The number of rotatable bonds is 5. The summed E-state index contributed by atoms with van der Waals surface area (Å²) in [7, 11) is 0. The first-order valence-corrected chi connectivity index (χ1v) is 7.46. The van der Waals surface area contributed by atoms with Crippen molar-refractivity contribution in [1.82, 2.24) is 0 Å². The van der Waals surface area contributed by atoms with Crippen LogP contribution in [0.15, 0.2) is 34.8 Å². The highest BCUT2D eigenvalue weighted by molar-refractivity contribution is 9.10. The van der Waals surface area contributed by atoms with Crippen molar-refractivity contribution in [3.8, 4) is 17.2 Å². The third-order valence-electron chi connectivity index (χ3n) is 2.90. The number of nitrogens with two attached hydrogens (primary N) is 1. The smallest absolute Gasteiger partial charge is 0.167 e. The Balaban J connectivity index is 2.32. The van der Waals surface area contributed by atoms with E-state index in [1.54, 1.807) is 0 Å². The molecule has 0 heterocycles. The molecule has 2 aromatic carbocycles. The first-order valence-electron chi connectivity index (χ1n) is 6.67. The zero-order chi connectivity index (χ0) is 15.4. The quantitative estimate of drug-likeness (QED) is 0.764. The van der Waals surface area contributed by atoms with Crippen molar-refractivity contribution < 1.29 is 13.9 Å². The van der Waals surface area contributed by atoms with E-state index in [-0.39, 0.29) is 11.4 Å². The molecule has 0 aliphatic heterocycles. The summed E-state index contributed by atoms with van der Waals surface area (Å²) in [4.78, 5) is 0. The second-order valence-electron chi connectivity index (χ2n) is 4.68. The van der Waals surface area contributed by atoms with Crippen molar-refractivity contribution in [1.29, 1.82) is 0 Å². The van der Waals surface area contributed by atoms with Gasteiger partial charge in [-0.05, 0) is 31.0 Å². The van der Waals surface area contributed by atoms with E-state index in [0.29, 0.717) is 18.1 Å². The van der Waals surface area contributed by atoms with Crippen molar-refractivity contribution in [2.45, 2.75) is 20.3 Å². The summed E-state index contributed by atoms with van der Waals surface area (Å²) < 4.78 is 25.8. The van der Waals surface area contributed by atoms with Crippen molar-refractivity contribution in [2.75, 3.05) is 12.3 Å². The van der Waals surface area contributed by atoms with Gasteiger partial charge in [0.25, 0.3) is 0 Å². The number of hydrogen-bond donors (Lipinski definition) is 1. The van der Waals surface area contributed by atoms with Crippen LogP contribution < -0.4 is 15.2 Å². The van der Waals surface area contributed by atoms with Gasteiger partial charge in [0.1, 0.15) is 5.75 Å². The molecule has 0 saturated carbocycles. The summed E-state index contributed by atoms with van der Waals surface area (Å²) in [5, 5.41) is 0. The summed E-state index contributed by atoms with van der Waals surface area (Å²) >= 11 is 3.39. The lowest BCUT2D eigenvalue weighted by Crippen LogP contribution is -2.00. The molecule has 21 heavy (non-hydrogen) atoms. The van der Waals surface area contributed by atoms with Crippen LogP contribution in [-0.2, 0) is 0 Å². The molecule has 112 valence electrons. The first kappa shape index (κ1) is 15.6. The van der Waals surface area contributed by atoms with Gasteiger partial charge < -0.3 is 15.2 Å². The first-order chi connectivity index (χ1) is 10.0. The Kier molecular flexibility index (Phi) is 5.07. The Labute approximate surface area is 132 Å². The van der Waals surface area contributed by atoms with Crippen molar-refractivity contribution >= 4 is 21.6 Å². The van der Waals surface area contributed by atoms with E-state index in [4.69, 9.17) is 15.2 Å². The van der Waals surface area contributed by atoms with Crippen LogP contribution in [0, 0.1) is 12.7 Å². The van der Waals surface area contributed by atoms with Gasteiger partial charge in [-0.3, -0.25) is 0 Å². The second kappa shape index (κ2) is 6.80. The van der Waals surface area contributed by atoms with Crippen LogP contribution in [0.3, 0.4) is 0 Å². The van der Waals surface area contributed by atoms with E-state index in [1.165, 1.54) is 12.1 Å². The van der Waals surface area contributed by atoms with Crippen molar-refractivity contribution in [3.05, 3.63) is 46.2 Å². The van der Waals surface area contributed by atoms with Crippen LogP contribution in [0.4, 0.5) is 10.1 Å². The van der Waals surface area contributed by atoms with Crippen LogP contribution in [0.2, 0.25) is 0 Å². The molecule has 0 atom stereocenters. The predicted molar refractivity (Wildman–Crippen MR) is 85.6 cm³/mol. The van der Waals surface area contributed by atoms with Crippen LogP contribution in [-0.4, -0.2) is 6.61 Å². The van der Waals surface area contributed by atoms with Crippen molar-refractivity contribution in [3.63, 3.8) is 0 Å². The lowest BCUT2D eigenvalue weighted by atomic mass is 10.2. The number of ether oxygens (including phenoxy) is 2. The van der Waals surface area contributed by atoms with E-state index in [1.807, 2.05) is 32.0 Å². The zero-order valence-corrected chi connectivity index (χ0v) is 13.5. The molecule has 0 aliphatic carbocycles. The number of nitrogen functional groups attached to an aromatic ring is 1. The summed E-state index contributed by atoms with van der Waals surface area (Å²) in [6.45, 7) is 4.32. The van der Waals surface area contributed by atoms with Crippen molar-refractivity contribution in [2.24, 2.45) is 0 Å². The molecule has 2 rings (SSSR count). The average molecular weight is 354 g/mol. The molecule has 2 aromatic rings. The lowest BCUT2D eigenvalue weighted by molar-refractivity contribution is 0.299. The highest BCUT2D eigenvalue weighted by atomic mass is 79.9. The van der Waals surface area contributed by atoms with E-state index in [0.717, 1.165) is 16.5 Å². The largest absolute Gasteiger partial charge is 0.490 e. The fourth-order valence-electron chi connectivity index (χ4n) is 1.76. The highest BCUT2D eigenvalue weighted by Crippen LogP contribution is 2.35. The minimum atomic E-state index is -0.487. The monoisotopic (exact) mass is 353 g/mol. The van der Waals surface area contributed by atoms with E-state index >= 15 is 0 Å². The van der Waals surface area contributed by atoms with E-state index in [2.05, 4.69) is 15.9 Å². The van der Waals surface area contributed by atoms with Crippen LogP contribution in [0.25, 0.3) is 0 Å². The Hall–Kier alpha value is -1.75. The standard InChI is InChI=1S/C16H17BrFNO2/c1-3-6-20-15-9-16(13(19)8-12(15)18)21-14-7-11(17)5-4-10(14)2/h4-5,7-9H,3,6,19H2,1-2H3. The van der Waals surface area contributed by atoms with Gasteiger partial charge in [-0.15, -0.1) is 0 Å². The average Bonchev–Trinajstić information content (AvgIpc) is 2.44. The van der Waals surface area contributed by atoms with Gasteiger partial charge >= 0.3 is 0 Å². The van der Waals surface area contributed by atoms with Crippen LogP contribution in [0.5, 0.6) is 17.2 Å². The van der Waals surface area contributed by atoms with E-state index in [9.17, 15) is 4.39 Å². The highest BCUT2D eigenvalue weighted by Gasteiger charge is 2.12. The summed E-state index contributed by atoms with van der Waals surface area (Å²) in [5.41, 5.74) is 7.01. The number of anilines is 1. The molecule has 0 spiro atoms. The van der Waals surface area contributed by atoms with Gasteiger partial charge in [0.05, 0.1) is 12.3 Å². The summed E-state index contributed by atoms with van der Waals surface area (Å²) in [5.74, 6) is 0.695. The molecule has 0 aliphatic rings. The number of hydrogen-bond acceptors (Lipinski definition) is 3. The maximum atomic E-state index is 13.8. The molecule has 0 aromatic heterocycles. The molecule has 3 nitrogen and oxygen atoms in total. The molecule has 0 radical (unpaired) electrons. The fraction of sp³-hybridized carbons (Fsp3) is 0.250. The Morgan fingerprint density at radius 2 is 1.90 bits per heavy atom. The minimum absolute atomic E-state index is 0.147. The topological polar surface area (TPSA) is 44.5 Å². The van der Waals surface area contributed by atoms with E-state index < -0.39 is 5.82 Å². The SMILES string of the molecule is CCCOc1cc(Oc2cc(Br)ccc2C)c(N)cc1F. The zero-order valence-electron chi connectivity index (χ0n) is 12.0. The van der Waals surface area contributed by atoms with Gasteiger partial charge in [-0.1, -0.05) is 28.9 Å². The Bertz CT molecular complexity index is 646. The van der Waals surface area contributed by atoms with Crippen LogP contribution >= 0.6 is 15.9 Å².